The van der Waals surface area contributed by atoms with Gasteiger partial charge in [-0.3, -0.25) is 0 Å². The minimum Gasteiger partial charge on any atom is -0.346 e. The molecule has 8 heavy (non-hydrogen) atoms. The molecule has 0 fully saturated rings. The Labute approximate surface area is 57.9 Å². The van der Waals surface area contributed by atoms with E-state index in [1.54, 1.807) is 0 Å². The smallest absolute Gasteiger partial charge is 0.344 e. The third-order valence-corrected chi connectivity index (χ3v) is 0.850. The first-order valence-electron chi connectivity index (χ1n) is 2.00. The van der Waals surface area contributed by atoms with Gasteiger partial charge in [-0.2, -0.15) is 0 Å². The molecule has 0 aliphatic heterocycles. The van der Waals surface area contributed by atoms with Gasteiger partial charge in [0.15, 0.2) is 0 Å². The van der Waals surface area contributed by atoms with E-state index in [-0.39, 0.29) is 0 Å². The van der Waals surface area contributed by atoms with Crippen LogP contribution >= 0.6 is 23.5 Å². The molecule has 0 bridgehead atoms. The second-order valence-electron chi connectivity index (χ2n) is 1.84. The highest BCUT2D eigenvalue weighted by atomic mass is 35.5. The Bertz CT molecular complexity index is 94.7. The summed E-state index contributed by atoms with van der Waals surface area (Å²) in [7, 11) is 0. The minimum absolute atomic E-state index is 0.638. The predicted octanol–water partition coefficient (Wildman–Crippen LogP) is 1.70. The van der Waals surface area contributed by atoms with Crippen LogP contribution in [0.2, 0.25) is 0 Å². The molecule has 0 aromatic carbocycles. The highest BCUT2D eigenvalue weighted by Crippen LogP contribution is 2.14. The fourth-order valence-corrected chi connectivity index (χ4v) is 0.363. The quantitative estimate of drug-likeness (QED) is 0.541. The number of carbonyl (C=O) groups excluding carboxylic acids is 1. The highest BCUT2D eigenvalue weighted by Gasteiger charge is 2.25. The summed E-state index contributed by atoms with van der Waals surface area (Å²) in [5.74, 6) is -0.638. The van der Waals surface area contributed by atoms with Crippen molar-refractivity contribution in [2.24, 2.45) is 0 Å². The molecule has 0 N–H and O–H groups in total. The van der Waals surface area contributed by atoms with Crippen LogP contribution in [0.3, 0.4) is 0 Å². The maximum atomic E-state index is 10.3. The molecule has 0 aromatic rings. The van der Waals surface area contributed by atoms with Crippen LogP contribution in [0.25, 0.3) is 0 Å². The molecule has 0 heterocycles. The second-order valence-corrected chi connectivity index (χ2v) is 2.94. The van der Waals surface area contributed by atoms with Crippen LogP contribution in [0.5, 0.6) is 0 Å². The predicted molar refractivity (Wildman–Crippen MR) is 31.9 cm³/mol. The van der Waals surface area contributed by atoms with Crippen molar-refractivity contribution in [3.63, 3.8) is 0 Å². The van der Waals surface area contributed by atoms with E-state index in [0.29, 0.717) is 0 Å². The lowest BCUT2D eigenvalue weighted by Gasteiger charge is -2.08. The Kier molecular flexibility index (Phi) is 2.57. The van der Waals surface area contributed by atoms with Crippen molar-refractivity contribution in [1.29, 1.82) is 0 Å². The van der Waals surface area contributed by atoms with Crippen molar-refractivity contribution < 1.29 is 9.08 Å². The van der Waals surface area contributed by atoms with Crippen LogP contribution in [0.1, 0.15) is 13.8 Å². The van der Waals surface area contributed by atoms with Gasteiger partial charge in [-0.1, -0.05) is 0 Å². The van der Waals surface area contributed by atoms with Crippen molar-refractivity contribution in [3.8, 4) is 0 Å². The van der Waals surface area contributed by atoms with Gasteiger partial charge >= 0.3 is 5.97 Å². The Morgan fingerprint density at radius 1 is 1.62 bits per heavy atom. The zero-order chi connectivity index (χ0) is 6.78. The summed E-state index contributed by atoms with van der Waals surface area (Å²) in [6.07, 6.45) is 0. The zero-order valence-electron chi connectivity index (χ0n) is 4.57. The van der Waals surface area contributed by atoms with E-state index in [1.807, 2.05) is 0 Å². The van der Waals surface area contributed by atoms with Gasteiger partial charge in [0, 0.05) is 0 Å². The van der Waals surface area contributed by atoms with Gasteiger partial charge in [-0.15, -0.1) is 11.6 Å². The number of alkyl halides is 1. The summed E-state index contributed by atoms with van der Waals surface area (Å²) in [5, 5.41) is 0. The minimum atomic E-state index is -1.01. The lowest BCUT2D eigenvalue weighted by molar-refractivity contribution is -0.136. The molecule has 2 nitrogen and oxygen atoms in total. The molecule has 0 spiro atoms. The van der Waals surface area contributed by atoms with Gasteiger partial charge in [0.2, 0.25) is 0 Å². The normalized spacial score (nSPS) is 11.0. The van der Waals surface area contributed by atoms with E-state index in [9.17, 15) is 4.79 Å². The molecule has 0 unspecified atom stereocenters. The summed E-state index contributed by atoms with van der Waals surface area (Å²) >= 11 is 10.1. The summed E-state index contributed by atoms with van der Waals surface area (Å²) in [6.45, 7) is 3.00. The van der Waals surface area contributed by atoms with Gasteiger partial charge in [-0.25, -0.2) is 4.79 Å². The van der Waals surface area contributed by atoms with Gasteiger partial charge in [0.1, 0.15) is 16.7 Å². The van der Waals surface area contributed by atoms with E-state index < -0.39 is 10.8 Å². The first kappa shape index (κ1) is 8.05. The average molecular weight is 157 g/mol. The molecular formula is C4H6Cl2O2. The average Bonchev–Trinajstić information content (AvgIpc) is 1.62. The number of rotatable bonds is 1. The summed E-state index contributed by atoms with van der Waals surface area (Å²) < 4.78 is 3.82. The first-order valence-corrected chi connectivity index (χ1v) is 2.69. The van der Waals surface area contributed by atoms with Gasteiger partial charge in [0.25, 0.3) is 0 Å². The molecule has 0 aliphatic carbocycles. The van der Waals surface area contributed by atoms with Crippen LogP contribution in [0.4, 0.5) is 0 Å². The van der Waals surface area contributed by atoms with E-state index in [4.69, 9.17) is 23.5 Å². The number of hydrogen-bond acceptors (Lipinski definition) is 2. The summed E-state index contributed by atoms with van der Waals surface area (Å²) in [5.41, 5.74) is 0. The third-order valence-electron chi connectivity index (χ3n) is 0.555. The van der Waals surface area contributed by atoms with Crippen LogP contribution in [0.15, 0.2) is 0 Å². The van der Waals surface area contributed by atoms with Crippen LogP contribution in [-0.4, -0.2) is 10.8 Å². The number of carbonyl (C=O) groups is 1. The van der Waals surface area contributed by atoms with E-state index in [2.05, 4.69) is 4.29 Å². The largest absolute Gasteiger partial charge is 0.346 e. The Hall–Kier alpha value is 0.0500. The van der Waals surface area contributed by atoms with Gasteiger partial charge in [0.05, 0.1) is 0 Å². The lowest BCUT2D eigenvalue weighted by atomic mass is 10.2. The van der Waals surface area contributed by atoms with Crippen LogP contribution in [0, 0.1) is 0 Å². The molecule has 0 saturated carbocycles. The first-order chi connectivity index (χ1) is 3.48. The highest BCUT2D eigenvalue weighted by molar-refractivity contribution is 6.35. The Morgan fingerprint density at radius 2 is 2.00 bits per heavy atom. The SMILES string of the molecule is CC(C)(Cl)C(=O)OCl. The van der Waals surface area contributed by atoms with Gasteiger partial charge in [-0.05, 0) is 13.8 Å². The summed E-state index contributed by atoms with van der Waals surface area (Å²) in [4.78, 5) is 9.34. The van der Waals surface area contributed by atoms with E-state index >= 15 is 0 Å². The lowest BCUT2D eigenvalue weighted by Crippen LogP contribution is -2.24. The van der Waals surface area contributed by atoms with Crippen molar-refractivity contribution in [2.75, 3.05) is 0 Å². The molecule has 4 heteroatoms. The number of halogens is 2. The van der Waals surface area contributed by atoms with E-state index in [0.717, 1.165) is 0 Å². The van der Waals surface area contributed by atoms with Crippen LogP contribution < -0.4 is 0 Å². The van der Waals surface area contributed by atoms with Crippen molar-refractivity contribution in [1.82, 2.24) is 0 Å². The molecule has 0 radical (unpaired) electrons. The van der Waals surface area contributed by atoms with E-state index in [1.165, 1.54) is 13.8 Å². The molecule has 0 saturated heterocycles. The Morgan fingerprint density at radius 3 is 2.00 bits per heavy atom. The molecular weight excluding hydrogens is 151 g/mol. The standard InChI is InChI=1S/C4H6Cl2O2/c1-4(2,5)3(7)8-6/h1-2H3. The molecule has 48 valence electrons. The molecule has 0 amide bonds. The second kappa shape index (κ2) is 2.55. The fourth-order valence-electron chi connectivity index (χ4n) is 0.0917. The van der Waals surface area contributed by atoms with Crippen LogP contribution in [-0.2, 0) is 9.08 Å². The maximum Gasteiger partial charge on any atom is 0.344 e. The molecule has 0 aromatic heterocycles. The molecule has 0 atom stereocenters. The topological polar surface area (TPSA) is 26.3 Å². The fraction of sp³-hybridized carbons (Fsp3) is 0.750. The van der Waals surface area contributed by atoms with Gasteiger partial charge < -0.3 is 4.29 Å². The third kappa shape index (κ3) is 2.38. The molecule has 0 aliphatic rings. The van der Waals surface area contributed by atoms with Crippen molar-refractivity contribution in [3.05, 3.63) is 0 Å². The van der Waals surface area contributed by atoms with Crippen molar-refractivity contribution >= 4 is 29.4 Å². The number of hydrogen-bond donors (Lipinski definition) is 0. The Balaban J connectivity index is 3.82. The molecule has 0 rings (SSSR count). The summed E-state index contributed by atoms with van der Waals surface area (Å²) in [6, 6.07) is 0. The monoisotopic (exact) mass is 156 g/mol. The maximum absolute atomic E-state index is 10.3. The van der Waals surface area contributed by atoms with Crippen molar-refractivity contribution in [2.45, 2.75) is 18.7 Å². The zero-order valence-corrected chi connectivity index (χ0v) is 6.08.